The molecular formula is C14H28O3S. The third-order valence-corrected chi connectivity index (χ3v) is 4.60. The van der Waals surface area contributed by atoms with Crippen molar-refractivity contribution in [1.82, 2.24) is 0 Å². The molecule has 0 radical (unpaired) electrons. The summed E-state index contributed by atoms with van der Waals surface area (Å²) < 4.78 is 23.6. The van der Waals surface area contributed by atoms with Crippen LogP contribution in [0.2, 0.25) is 0 Å². The number of carbonyl (C=O) groups excluding carboxylic acids is 1. The summed E-state index contributed by atoms with van der Waals surface area (Å²) >= 11 is 0. The summed E-state index contributed by atoms with van der Waals surface area (Å²) in [6.07, 6.45) is 1.48. The predicted molar refractivity (Wildman–Crippen MR) is 76.4 cm³/mol. The maximum Gasteiger partial charge on any atom is 0.150 e. The number of ketones is 1. The molecule has 0 aromatic heterocycles. The largest absolute Gasteiger partial charge is 0.299 e. The van der Waals surface area contributed by atoms with E-state index >= 15 is 0 Å². The minimum absolute atomic E-state index is 0.0360. The molecule has 0 heterocycles. The highest BCUT2D eigenvalue weighted by Gasteiger charge is 2.22. The van der Waals surface area contributed by atoms with E-state index in [2.05, 4.69) is 0 Å². The van der Waals surface area contributed by atoms with E-state index in [9.17, 15) is 13.2 Å². The van der Waals surface area contributed by atoms with Crippen molar-refractivity contribution < 1.29 is 13.2 Å². The standard InChI is InChI=1S/C14H28O3S/c1-13(2,3)9-11-18(16,17)10-7-8-12(15)14(4,5)6/h7-11H2,1-6H3. The van der Waals surface area contributed by atoms with Crippen molar-refractivity contribution in [3.8, 4) is 0 Å². The molecular weight excluding hydrogens is 248 g/mol. The summed E-state index contributed by atoms with van der Waals surface area (Å²) in [5.41, 5.74) is -0.330. The highest BCUT2D eigenvalue weighted by molar-refractivity contribution is 7.91. The van der Waals surface area contributed by atoms with Gasteiger partial charge in [0.25, 0.3) is 0 Å². The van der Waals surface area contributed by atoms with Crippen molar-refractivity contribution >= 4 is 15.6 Å². The fourth-order valence-corrected chi connectivity index (χ4v) is 3.10. The van der Waals surface area contributed by atoms with Crippen LogP contribution in [0.4, 0.5) is 0 Å². The first-order chi connectivity index (χ1) is 7.83. The molecule has 0 N–H and O–H groups in total. The van der Waals surface area contributed by atoms with Gasteiger partial charge in [-0.25, -0.2) is 8.42 Å². The highest BCUT2D eigenvalue weighted by Crippen LogP contribution is 2.21. The van der Waals surface area contributed by atoms with Crippen LogP contribution in [-0.2, 0) is 14.6 Å². The molecule has 0 unspecified atom stereocenters. The van der Waals surface area contributed by atoms with Gasteiger partial charge in [0.2, 0.25) is 0 Å². The lowest BCUT2D eigenvalue weighted by Crippen LogP contribution is -2.22. The molecule has 0 amide bonds. The molecule has 0 aliphatic carbocycles. The quantitative estimate of drug-likeness (QED) is 0.748. The lowest BCUT2D eigenvalue weighted by molar-refractivity contribution is -0.126. The van der Waals surface area contributed by atoms with E-state index in [1.807, 2.05) is 41.5 Å². The molecule has 108 valence electrons. The smallest absolute Gasteiger partial charge is 0.150 e. The van der Waals surface area contributed by atoms with Gasteiger partial charge in [0.1, 0.15) is 15.6 Å². The monoisotopic (exact) mass is 276 g/mol. The summed E-state index contributed by atoms with van der Waals surface area (Å²) in [5.74, 6) is 0.485. The lowest BCUT2D eigenvalue weighted by atomic mass is 9.88. The Morgan fingerprint density at radius 1 is 0.944 bits per heavy atom. The van der Waals surface area contributed by atoms with Crippen LogP contribution < -0.4 is 0 Å². The van der Waals surface area contributed by atoms with Crippen molar-refractivity contribution in [1.29, 1.82) is 0 Å². The third-order valence-electron chi connectivity index (χ3n) is 2.86. The summed E-state index contributed by atoms with van der Waals surface area (Å²) in [7, 11) is -3.01. The predicted octanol–water partition coefficient (Wildman–Crippen LogP) is 3.23. The Bertz CT molecular complexity index is 367. The number of sulfone groups is 1. The minimum atomic E-state index is -3.01. The third kappa shape index (κ3) is 8.67. The molecule has 0 aromatic rings. The first-order valence-corrected chi connectivity index (χ1v) is 8.39. The van der Waals surface area contributed by atoms with Gasteiger partial charge in [-0.1, -0.05) is 41.5 Å². The van der Waals surface area contributed by atoms with Crippen molar-refractivity contribution in [3.63, 3.8) is 0 Å². The molecule has 0 aliphatic rings. The Kier molecular flexibility index (Phi) is 6.05. The first kappa shape index (κ1) is 17.6. The van der Waals surface area contributed by atoms with Gasteiger partial charge in [-0.2, -0.15) is 0 Å². The van der Waals surface area contributed by atoms with Gasteiger partial charge in [-0.05, 0) is 18.3 Å². The zero-order valence-corrected chi connectivity index (χ0v) is 13.5. The molecule has 0 bridgehead atoms. The van der Waals surface area contributed by atoms with Crippen molar-refractivity contribution in [2.24, 2.45) is 10.8 Å². The topological polar surface area (TPSA) is 51.2 Å². The van der Waals surface area contributed by atoms with Crippen molar-refractivity contribution in [3.05, 3.63) is 0 Å². The van der Waals surface area contributed by atoms with Crippen LogP contribution in [-0.4, -0.2) is 25.7 Å². The van der Waals surface area contributed by atoms with Gasteiger partial charge < -0.3 is 0 Å². The summed E-state index contributed by atoms with van der Waals surface area (Å²) in [6.45, 7) is 11.7. The number of rotatable bonds is 6. The Morgan fingerprint density at radius 3 is 1.83 bits per heavy atom. The van der Waals surface area contributed by atoms with Gasteiger partial charge in [0.05, 0.1) is 11.5 Å². The van der Waals surface area contributed by atoms with Crippen LogP contribution in [0.5, 0.6) is 0 Å². The molecule has 0 rings (SSSR count). The van der Waals surface area contributed by atoms with Crippen molar-refractivity contribution in [2.45, 2.75) is 60.8 Å². The summed E-state index contributed by atoms with van der Waals surface area (Å²) in [6, 6.07) is 0. The van der Waals surface area contributed by atoms with Crippen LogP contribution in [0.1, 0.15) is 60.8 Å². The van der Waals surface area contributed by atoms with Crippen LogP contribution in [0, 0.1) is 10.8 Å². The van der Waals surface area contributed by atoms with Gasteiger partial charge in [0, 0.05) is 11.8 Å². The molecule has 0 spiro atoms. The van der Waals surface area contributed by atoms with Crippen LogP contribution >= 0.6 is 0 Å². The molecule has 0 atom stereocenters. The van der Waals surface area contributed by atoms with Gasteiger partial charge in [-0.3, -0.25) is 4.79 Å². The fraction of sp³-hybridized carbons (Fsp3) is 0.929. The van der Waals surface area contributed by atoms with Gasteiger partial charge in [-0.15, -0.1) is 0 Å². The number of Topliss-reactive ketones (excluding diaryl/α,β-unsaturated/α-hetero) is 1. The highest BCUT2D eigenvalue weighted by atomic mass is 32.2. The molecule has 0 aromatic carbocycles. The lowest BCUT2D eigenvalue weighted by Gasteiger charge is -2.18. The molecule has 0 fully saturated rings. The number of carbonyl (C=O) groups is 1. The Labute approximate surface area is 112 Å². The van der Waals surface area contributed by atoms with E-state index < -0.39 is 9.84 Å². The van der Waals surface area contributed by atoms with Crippen LogP contribution in [0.15, 0.2) is 0 Å². The van der Waals surface area contributed by atoms with E-state index in [4.69, 9.17) is 0 Å². The Balaban J connectivity index is 4.11. The zero-order chi connectivity index (χ0) is 14.6. The Hall–Kier alpha value is -0.380. The zero-order valence-electron chi connectivity index (χ0n) is 12.7. The average molecular weight is 276 g/mol. The van der Waals surface area contributed by atoms with E-state index in [1.54, 1.807) is 0 Å². The molecule has 4 heteroatoms. The molecule has 3 nitrogen and oxygen atoms in total. The second kappa shape index (κ2) is 6.18. The average Bonchev–Trinajstić information content (AvgIpc) is 2.12. The summed E-state index contributed by atoms with van der Waals surface area (Å²) in [5, 5.41) is 0. The maximum absolute atomic E-state index is 11.8. The van der Waals surface area contributed by atoms with E-state index in [0.717, 1.165) is 0 Å². The van der Waals surface area contributed by atoms with E-state index in [-0.39, 0.29) is 28.1 Å². The molecule has 0 saturated carbocycles. The molecule has 18 heavy (non-hydrogen) atoms. The minimum Gasteiger partial charge on any atom is -0.299 e. The fourth-order valence-electron chi connectivity index (χ4n) is 1.39. The van der Waals surface area contributed by atoms with Gasteiger partial charge in [0.15, 0.2) is 0 Å². The maximum atomic E-state index is 11.8. The Morgan fingerprint density at radius 2 is 1.44 bits per heavy atom. The second-order valence-corrected chi connectivity index (χ2v) is 9.54. The molecule has 0 aliphatic heterocycles. The normalized spacial score (nSPS) is 13.7. The number of hydrogen-bond acceptors (Lipinski definition) is 3. The first-order valence-electron chi connectivity index (χ1n) is 6.57. The van der Waals surface area contributed by atoms with Crippen molar-refractivity contribution in [2.75, 3.05) is 11.5 Å². The SMILES string of the molecule is CC(C)(C)CCS(=O)(=O)CCCC(=O)C(C)(C)C. The molecule has 0 saturated heterocycles. The van der Waals surface area contributed by atoms with E-state index in [0.29, 0.717) is 19.3 Å². The second-order valence-electron chi connectivity index (χ2n) is 7.24. The van der Waals surface area contributed by atoms with Gasteiger partial charge >= 0.3 is 0 Å². The van der Waals surface area contributed by atoms with Crippen LogP contribution in [0.3, 0.4) is 0 Å². The van der Waals surface area contributed by atoms with E-state index in [1.165, 1.54) is 0 Å². The number of hydrogen-bond donors (Lipinski definition) is 0. The van der Waals surface area contributed by atoms with Crippen LogP contribution in [0.25, 0.3) is 0 Å². The summed E-state index contributed by atoms with van der Waals surface area (Å²) in [4.78, 5) is 11.7.